The Morgan fingerprint density at radius 3 is 2.71 bits per heavy atom. The minimum absolute atomic E-state index is 0.00680. The summed E-state index contributed by atoms with van der Waals surface area (Å²) in [4.78, 5) is 44.0. The van der Waals surface area contributed by atoms with Gasteiger partial charge in [0.2, 0.25) is 5.95 Å². The minimum atomic E-state index is -4.39. The predicted molar refractivity (Wildman–Crippen MR) is 151 cm³/mol. The van der Waals surface area contributed by atoms with E-state index in [0.29, 0.717) is 60.3 Å². The molecule has 1 saturated heterocycles. The van der Waals surface area contributed by atoms with Crippen LogP contribution in [0.5, 0.6) is 0 Å². The molecule has 2 amide bonds. The number of amides is 2. The summed E-state index contributed by atoms with van der Waals surface area (Å²) in [6, 6.07) is 11.6. The van der Waals surface area contributed by atoms with Gasteiger partial charge in [0.05, 0.1) is 17.6 Å². The van der Waals surface area contributed by atoms with Gasteiger partial charge in [-0.3, -0.25) is 19.7 Å². The second-order valence-corrected chi connectivity index (χ2v) is 9.57. The number of carbonyl (C=O) groups is 3. The number of imidazole rings is 1. The summed E-state index contributed by atoms with van der Waals surface area (Å²) in [6.07, 6.45) is 0.294. The van der Waals surface area contributed by atoms with Crippen LogP contribution in [0.2, 0.25) is 0 Å². The van der Waals surface area contributed by atoms with Gasteiger partial charge in [-0.2, -0.15) is 13.2 Å². The molecule has 3 aromatic rings. The van der Waals surface area contributed by atoms with Crippen LogP contribution in [0.4, 0.5) is 24.8 Å². The fourth-order valence-corrected chi connectivity index (χ4v) is 4.51. The second kappa shape index (κ2) is 13.4. The van der Waals surface area contributed by atoms with E-state index < -0.39 is 18.6 Å². The lowest BCUT2D eigenvalue weighted by atomic mass is 10.0. The van der Waals surface area contributed by atoms with Crippen LogP contribution in [0.15, 0.2) is 60.8 Å². The van der Waals surface area contributed by atoms with Crippen LogP contribution in [0.25, 0.3) is 16.6 Å². The Morgan fingerprint density at radius 1 is 1.21 bits per heavy atom. The van der Waals surface area contributed by atoms with E-state index in [1.54, 1.807) is 45.9 Å². The number of nitrogens with zero attached hydrogens (tertiary/aromatic N) is 4. The number of aliphatic hydroxyl groups is 1. The number of halogens is 3. The zero-order chi connectivity index (χ0) is 30.3. The zero-order valence-electron chi connectivity index (χ0n) is 22.8. The summed E-state index contributed by atoms with van der Waals surface area (Å²) in [5.74, 6) is -0.445. The molecule has 0 atom stereocenters. The molecular weight excluding hydrogens is 555 g/mol. The lowest BCUT2D eigenvalue weighted by molar-refractivity contribution is -0.138. The van der Waals surface area contributed by atoms with Crippen molar-refractivity contribution < 1.29 is 37.4 Å². The summed E-state index contributed by atoms with van der Waals surface area (Å²) in [5.41, 5.74) is 2.87. The highest BCUT2D eigenvalue weighted by Crippen LogP contribution is 2.27. The van der Waals surface area contributed by atoms with E-state index in [-0.39, 0.29) is 30.6 Å². The molecule has 0 saturated carbocycles. The Balaban J connectivity index is 1.60. The number of hydrogen-bond donors (Lipinski definition) is 2. The first kappa shape index (κ1) is 30.5. The standard InChI is InChI=1S/C29H30F3N5O5/c1-35(19-29(30,31)32)11-8-20(9-14-39)21-4-2-5-22(16-21)27(41)34-28-33-24-17-23(36-12-15-42-18-26(36)40)6-7-25(24)37(28)10-3-13-38/h2,4-9,11,14,16-17,38H,3,10,12-13,15,18-19H2,1H3,(H,33,34,41)/b11-8-,20-9+. The van der Waals surface area contributed by atoms with Crippen molar-refractivity contribution in [1.29, 1.82) is 0 Å². The molecule has 13 heteroatoms. The van der Waals surface area contributed by atoms with Crippen LogP contribution < -0.4 is 10.2 Å². The average Bonchev–Trinajstić information content (AvgIpc) is 3.29. The largest absolute Gasteiger partial charge is 0.405 e. The van der Waals surface area contributed by atoms with E-state index in [1.165, 1.54) is 31.5 Å². The topological polar surface area (TPSA) is 117 Å². The molecule has 0 spiro atoms. The second-order valence-electron chi connectivity index (χ2n) is 9.57. The molecule has 2 heterocycles. The molecule has 0 radical (unpaired) electrons. The predicted octanol–water partition coefficient (Wildman–Crippen LogP) is 3.62. The molecule has 42 heavy (non-hydrogen) atoms. The average molecular weight is 586 g/mol. The Bertz CT molecular complexity index is 1520. The maximum Gasteiger partial charge on any atom is 0.405 e. The number of aromatic nitrogens is 2. The molecule has 2 N–H and O–H groups in total. The van der Waals surface area contributed by atoms with Crippen LogP contribution >= 0.6 is 0 Å². The highest BCUT2D eigenvalue weighted by Gasteiger charge is 2.28. The summed E-state index contributed by atoms with van der Waals surface area (Å²) in [6.45, 7) is -0.0638. The van der Waals surface area contributed by atoms with Gasteiger partial charge in [-0.25, -0.2) is 4.98 Å². The van der Waals surface area contributed by atoms with Gasteiger partial charge in [0.15, 0.2) is 0 Å². The summed E-state index contributed by atoms with van der Waals surface area (Å²) in [7, 11) is 1.26. The van der Waals surface area contributed by atoms with Crippen molar-refractivity contribution in [2.75, 3.05) is 50.2 Å². The van der Waals surface area contributed by atoms with E-state index in [2.05, 4.69) is 10.3 Å². The van der Waals surface area contributed by atoms with Crippen molar-refractivity contribution in [2.45, 2.75) is 19.1 Å². The van der Waals surface area contributed by atoms with Crippen molar-refractivity contribution in [3.05, 3.63) is 71.9 Å². The van der Waals surface area contributed by atoms with E-state index in [1.807, 2.05) is 0 Å². The van der Waals surface area contributed by atoms with Gasteiger partial charge in [0, 0.05) is 38.0 Å². The number of hydrogen-bond acceptors (Lipinski definition) is 7. The molecule has 1 aliphatic rings. The number of alkyl halides is 3. The number of aryl methyl sites for hydroxylation is 1. The van der Waals surface area contributed by atoms with E-state index in [4.69, 9.17) is 4.74 Å². The number of ether oxygens (including phenoxy) is 1. The van der Waals surface area contributed by atoms with E-state index in [9.17, 15) is 32.7 Å². The number of fused-ring (bicyclic) bond motifs is 1. The van der Waals surface area contributed by atoms with Crippen molar-refractivity contribution in [1.82, 2.24) is 14.5 Å². The lowest BCUT2D eigenvalue weighted by Crippen LogP contribution is -2.41. The summed E-state index contributed by atoms with van der Waals surface area (Å²) in [5, 5.41) is 12.2. The third-order valence-corrected chi connectivity index (χ3v) is 6.44. The Hall–Kier alpha value is -4.49. The third kappa shape index (κ3) is 7.62. The van der Waals surface area contributed by atoms with Crippen LogP contribution in [0, 0.1) is 0 Å². The zero-order valence-corrected chi connectivity index (χ0v) is 22.8. The minimum Gasteiger partial charge on any atom is -0.396 e. The van der Waals surface area contributed by atoms with Gasteiger partial charge in [0.1, 0.15) is 19.4 Å². The smallest absolute Gasteiger partial charge is 0.396 e. The van der Waals surface area contributed by atoms with Crippen molar-refractivity contribution >= 4 is 46.3 Å². The normalized spacial score (nSPS) is 14.5. The maximum atomic E-state index is 13.3. The molecule has 1 fully saturated rings. The van der Waals surface area contributed by atoms with E-state index in [0.717, 1.165) is 4.90 Å². The number of allylic oxidation sites excluding steroid dienone is 3. The van der Waals surface area contributed by atoms with Crippen LogP contribution in [0.1, 0.15) is 22.3 Å². The van der Waals surface area contributed by atoms with Crippen molar-refractivity contribution in [2.24, 2.45) is 0 Å². The highest BCUT2D eigenvalue weighted by molar-refractivity contribution is 6.05. The fourth-order valence-electron chi connectivity index (χ4n) is 4.51. The number of nitrogens with one attached hydrogen (secondary N) is 1. The first-order valence-electron chi connectivity index (χ1n) is 13.1. The van der Waals surface area contributed by atoms with Gasteiger partial charge in [-0.05, 0) is 66.2 Å². The van der Waals surface area contributed by atoms with Crippen LogP contribution in [-0.2, 0) is 20.9 Å². The summed E-state index contributed by atoms with van der Waals surface area (Å²) >= 11 is 0. The third-order valence-electron chi connectivity index (χ3n) is 6.44. The lowest BCUT2D eigenvalue weighted by Gasteiger charge is -2.26. The van der Waals surface area contributed by atoms with Gasteiger partial charge in [-0.1, -0.05) is 12.1 Å². The van der Waals surface area contributed by atoms with Gasteiger partial charge in [-0.15, -0.1) is 0 Å². The molecule has 10 nitrogen and oxygen atoms in total. The maximum absolute atomic E-state index is 13.3. The molecule has 1 aliphatic heterocycles. The first-order valence-corrected chi connectivity index (χ1v) is 13.1. The Morgan fingerprint density at radius 2 is 2.00 bits per heavy atom. The number of aldehydes is 1. The van der Waals surface area contributed by atoms with Gasteiger partial charge < -0.3 is 24.2 Å². The molecule has 0 aliphatic carbocycles. The quantitative estimate of drug-likeness (QED) is 0.201. The number of anilines is 2. The molecule has 0 bridgehead atoms. The number of carbonyl (C=O) groups excluding carboxylic acids is 3. The molecule has 1 aromatic heterocycles. The first-order chi connectivity index (χ1) is 20.1. The number of morpholine rings is 1. The molecular formula is C29H30F3N5O5. The van der Waals surface area contributed by atoms with Crippen molar-refractivity contribution in [3.63, 3.8) is 0 Å². The van der Waals surface area contributed by atoms with Gasteiger partial charge >= 0.3 is 6.18 Å². The number of benzene rings is 2. The van der Waals surface area contributed by atoms with Crippen LogP contribution in [-0.4, -0.2) is 83.8 Å². The summed E-state index contributed by atoms with van der Waals surface area (Å²) < 4.78 is 45.0. The van der Waals surface area contributed by atoms with Crippen molar-refractivity contribution in [3.8, 4) is 0 Å². The molecule has 4 rings (SSSR count). The number of rotatable bonds is 11. The van der Waals surface area contributed by atoms with E-state index >= 15 is 0 Å². The fraction of sp³-hybridized carbons (Fsp3) is 0.310. The van der Waals surface area contributed by atoms with Gasteiger partial charge in [0.25, 0.3) is 11.8 Å². The molecule has 2 aromatic carbocycles. The van der Waals surface area contributed by atoms with Crippen LogP contribution in [0.3, 0.4) is 0 Å². The Kier molecular flexibility index (Phi) is 9.76. The highest BCUT2D eigenvalue weighted by atomic mass is 19.4. The molecule has 222 valence electrons. The number of aliphatic hydroxyl groups excluding tert-OH is 1. The Labute approximate surface area is 239 Å². The SMILES string of the molecule is CN(/C=C\C(=C/C=O)c1cccc(C(=O)Nc2nc3cc(N4CCOCC4=O)ccc3n2CCCO)c1)CC(F)(F)F. The molecule has 0 unspecified atom stereocenters. The monoisotopic (exact) mass is 585 g/mol.